The van der Waals surface area contributed by atoms with Crippen LogP contribution >= 0.6 is 0 Å². The van der Waals surface area contributed by atoms with Crippen LogP contribution in [-0.4, -0.2) is 38.7 Å². The molecule has 5 heteroatoms. The van der Waals surface area contributed by atoms with Crippen molar-refractivity contribution in [3.05, 3.63) is 23.8 Å². The molecule has 0 amide bonds. The Kier molecular flexibility index (Phi) is 10.9. The van der Waals surface area contributed by atoms with Crippen molar-refractivity contribution < 1.29 is 19.1 Å². The Balaban J connectivity index is 1.97. The lowest BCUT2D eigenvalue weighted by molar-refractivity contribution is -0.140. The highest BCUT2D eigenvalue weighted by molar-refractivity contribution is 6.74. The summed E-state index contributed by atoms with van der Waals surface area (Å²) in [5.74, 6) is 1.10. The molecule has 1 N–H and O–H groups in total. The van der Waals surface area contributed by atoms with Gasteiger partial charge in [-0.15, -0.1) is 0 Å². The molecule has 0 aliphatic heterocycles. The minimum Gasteiger partial charge on any atom is -0.469 e. The van der Waals surface area contributed by atoms with E-state index in [0.29, 0.717) is 18.3 Å². The van der Waals surface area contributed by atoms with Crippen LogP contribution in [-0.2, 0) is 14.0 Å². The monoisotopic (exact) mass is 478 g/mol. The number of ether oxygens (including phenoxy) is 1. The van der Waals surface area contributed by atoms with Gasteiger partial charge in [-0.3, -0.25) is 4.79 Å². The van der Waals surface area contributed by atoms with Crippen LogP contribution in [0.4, 0.5) is 0 Å². The first-order chi connectivity index (χ1) is 15.5. The van der Waals surface area contributed by atoms with Crippen molar-refractivity contribution in [3.63, 3.8) is 0 Å². The van der Waals surface area contributed by atoms with Gasteiger partial charge in [0, 0.05) is 12.3 Å². The standard InChI is InChI=1S/C28H50O4Si/c1-8-9-10-14-23(32-33(6,7)28(2,3)4)16-17-24-25-19-21(18-22(25)20-26(24)29)13-11-12-15-27(30)31-5/h16-18,22-26,29H,8-15,19-20H2,1-7H3/b17-16+/t22?,23-,24-,25?,26-/m1/s1. The molecule has 190 valence electrons. The van der Waals surface area contributed by atoms with E-state index in [1.807, 2.05) is 0 Å². The summed E-state index contributed by atoms with van der Waals surface area (Å²) in [6.07, 6.45) is 17.1. The first-order valence-corrected chi connectivity index (χ1v) is 16.2. The van der Waals surface area contributed by atoms with Gasteiger partial charge in [-0.2, -0.15) is 0 Å². The summed E-state index contributed by atoms with van der Waals surface area (Å²) in [6, 6.07) is 0. The number of unbranched alkanes of at least 4 members (excludes halogenated alkanes) is 3. The van der Waals surface area contributed by atoms with E-state index < -0.39 is 8.32 Å². The molecule has 33 heavy (non-hydrogen) atoms. The second kappa shape index (κ2) is 12.7. The lowest BCUT2D eigenvalue weighted by atomic mass is 9.88. The number of carbonyl (C=O) groups excluding carboxylic acids is 1. The van der Waals surface area contributed by atoms with Crippen molar-refractivity contribution in [2.45, 2.75) is 122 Å². The first-order valence-electron chi connectivity index (χ1n) is 13.3. The van der Waals surface area contributed by atoms with E-state index in [-0.39, 0.29) is 29.1 Å². The summed E-state index contributed by atoms with van der Waals surface area (Å²) >= 11 is 0. The molecule has 4 nitrogen and oxygen atoms in total. The highest BCUT2D eigenvalue weighted by Gasteiger charge is 2.43. The van der Waals surface area contributed by atoms with E-state index in [2.05, 4.69) is 59.0 Å². The van der Waals surface area contributed by atoms with E-state index in [4.69, 9.17) is 9.16 Å². The van der Waals surface area contributed by atoms with Gasteiger partial charge in [0.05, 0.1) is 19.3 Å². The third-order valence-corrected chi connectivity index (χ3v) is 12.7. The van der Waals surface area contributed by atoms with Gasteiger partial charge in [-0.25, -0.2) is 0 Å². The summed E-state index contributed by atoms with van der Waals surface area (Å²) in [5, 5.41) is 11.0. The molecule has 0 aromatic heterocycles. The average molecular weight is 479 g/mol. The number of fused-ring (bicyclic) bond motifs is 1. The summed E-state index contributed by atoms with van der Waals surface area (Å²) in [6.45, 7) is 13.8. The number of methoxy groups -OCH3 is 1. The van der Waals surface area contributed by atoms with Crippen molar-refractivity contribution in [1.82, 2.24) is 0 Å². The second-order valence-electron chi connectivity index (χ2n) is 11.8. The van der Waals surface area contributed by atoms with Crippen molar-refractivity contribution in [2.24, 2.45) is 17.8 Å². The zero-order valence-corrected chi connectivity index (χ0v) is 23.4. The molecule has 1 fully saturated rings. The lowest BCUT2D eigenvalue weighted by Gasteiger charge is -2.39. The van der Waals surface area contributed by atoms with E-state index in [9.17, 15) is 9.90 Å². The Morgan fingerprint density at radius 3 is 2.61 bits per heavy atom. The number of esters is 1. The minimum absolute atomic E-state index is 0.117. The fourth-order valence-corrected chi connectivity index (χ4v) is 6.42. The SMILES string of the molecule is CCCCC[C@H](/C=C/[C@@H]1C2CC(CCCCC(=O)OC)=CC2C[C@H]1O)O[Si](C)(C)C(C)(C)C. The van der Waals surface area contributed by atoms with E-state index >= 15 is 0 Å². The molecule has 2 aliphatic rings. The molecule has 1 saturated carbocycles. The zero-order chi connectivity index (χ0) is 24.6. The van der Waals surface area contributed by atoms with E-state index in [1.165, 1.54) is 31.9 Å². The predicted molar refractivity (Wildman–Crippen MR) is 140 cm³/mol. The number of hydrogen-bond donors (Lipinski definition) is 1. The summed E-state index contributed by atoms with van der Waals surface area (Å²) in [7, 11) is -0.394. The molecule has 0 spiro atoms. The summed E-state index contributed by atoms with van der Waals surface area (Å²) < 4.78 is 11.5. The van der Waals surface area contributed by atoms with Crippen LogP contribution in [0, 0.1) is 17.8 Å². The molecule has 2 aliphatic carbocycles. The molecule has 0 aromatic carbocycles. The van der Waals surface area contributed by atoms with Gasteiger partial charge < -0.3 is 14.3 Å². The van der Waals surface area contributed by atoms with Gasteiger partial charge in [0.1, 0.15) is 0 Å². The van der Waals surface area contributed by atoms with Crippen LogP contribution in [0.2, 0.25) is 18.1 Å². The zero-order valence-electron chi connectivity index (χ0n) is 22.4. The Morgan fingerprint density at radius 2 is 1.97 bits per heavy atom. The van der Waals surface area contributed by atoms with E-state index in [0.717, 1.165) is 38.5 Å². The maximum atomic E-state index is 11.3. The van der Waals surface area contributed by atoms with Crippen molar-refractivity contribution in [2.75, 3.05) is 7.11 Å². The van der Waals surface area contributed by atoms with Gasteiger partial charge in [-0.1, -0.05) is 70.8 Å². The van der Waals surface area contributed by atoms with Crippen molar-refractivity contribution in [1.29, 1.82) is 0 Å². The third kappa shape index (κ3) is 8.36. The number of carbonyl (C=O) groups is 1. The van der Waals surface area contributed by atoms with Gasteiger partial charge in [-0.05, 0) is 68.5 Å². The molecule has 5 atom stereocenters. The van der Waals surface area contributed by atoms with Gasteiger partial charge in [0.2, 0.25) is 0 Å². The number of aliphatic hydroxyl groups excluding tert-OH is 1. The molecule has 0 saturated heterocycles. The highest BCUT2D eigenvalue weighted by atomic mass is 28.4. The molecular formula is C28H50O4Si. The number of allylic oxidation sites excluding steroid dienone is 2. The number of hydrogen-bond acceptors (Lipinski definition) is 4. The van der Waals surface area contributed by atoms with Crippen molar-refractivity contribution in [3.8, 4) is 0 Å². The molecule has 0 radical (unpaired) electrons. The maximum Gasteiger partial charge on any atom is 0.305 e. The Labute approximate surface area is 204 Å². The Hall–Kier alpha value is -0.913. The molecule has 2 unspecified atom stereocenters. The smallest absolute Gasteiger partial charge is 0.305 e. The third-order valence-electron chi connectivity index (χ3n) is 8.20. The van der Waals surface area contributed by atoms with Crippen LogP contribution in [0.5, 0.6) is 0 Å². The number of aliphatic hydroxyl groups is 1. The fourth-order valence-electron chi connectivity index (χ4n) is 5.11. The normalized spacial score (nSPS) is 26.5. The molecule has 0 aromatic rings. The Morgan fingerprint density at radius 1 is 1.24 bits per heavy atom. The maximum absolute atomic E-state index is 11.3. The lowest BCUT2D eigenvalue weighted by Crippen LogP contribution is -2.43. The molecule has 0 bridgehead atoms. The van der Waals surface area contributed by atoms with Gasteiger partial charge >= 0.3 is 5.97 Å². The van der Waals surface area contributed by atoms with Crippen LogP contribution in [0.25, 0.3) is 0 Å². The predicted octanol–water partition coefficient (Wildman–Crippen LogP) is 7.19. The highest BCUT2D eigenvalue weighted by Crippen LogP contribution is 2.48. The second-order valence-corrected chi connectivity index (χ2v) is 16.6. The Bertz CT molecular complexity index is 676. The largest absolute Gasteiger partial charge is 0.469 e. The quantitative estimate of drug-likeness (QED) is 0.132. The topological polar surface area (TPSA) is 55.8 Å². The average Bonchev–Trinajstić information content (AvgIpc) is 3.24. The molecule has 0 heterocycles. The summed E-state index contributed by atoms with van der Waals surface area (Å²) in [4.78, 5) is 11.3. The van der Waals surface area contributed by atoms with Crippen molar-refractivity contribution >= 4 is 14.3 Å². The first kappa shape index (κ1) is 28.3. The van der Waals surface area contributed by atoms with Crippen LogP contribution in [0.15, 0.2) is 23.8 Å². The molecule has 2 rings (SSSR count). The summed E-state index contributed by atoms with van der Waals surface area (Å²) in [5.41, 5.74) is 1.51. The van der Waals surface area contributed by atoms with Crippen LogP contribution in [0.3, 0.4) is 0 Å². The van der Waals surface area contributed by atoms with Crippen LogP contribution in [0.1, 0.15) is 91.9 Å². The number of rotatable bonds is 13. The van der Waals surface area contributed by atoms with Gasteiger partial charge in [0.15, 0.2) is 8.32 Å². The van der Waals surface area contributed by atoms with E-state index in [1.54, 1.807) is 0 Å². The van der Waals surface area contributed by atoms with Gasteiger partial charge in [0.25, 0.3) is 0 Å². The molecular weight excluding hydrogens is 428 g/mol. The fraction of sp³-hybridized carbons (Fsp3) is 0.821. The minimum atomic E-state index is -1.85. The van der Waals surface area contributed by atoms with Crippen LogP contribution < -0.4 is 0 Å².